The summed E-state index contributed by atoms with van der Waals surface area (Å²) >= 11 is 10.8. The van der Waals surface area contributed by atoms with Crippen LogP contribution in [0.15, 0.2) is 44.7 Å². The van der Waals surface area contributed by atoms with Crippen molar-refractivity contribution in [2.24, 2.45) is 20.4 Å². The summed E-state index contributed by atoms with van der Waals surface area (Å²) in [6.07, 6.45) is 0. The molecule has 1 aromatic carbocycles. The predicted octanol–water partition coefficient (Wildman–Crippen LogP) is 3.65. The molecule has 0 fully saturated rings. The van der Waals surface area contributed by atoms with Gasteiger partial charge in [0, 0.05) is 42.1 Å². The minimum absolute atomic E-state index is 0. The molecule has 175 valence electrons. The first kappa shape index (κ1) is 29.3. The number of hydrogen-bond acceptors (Lipinski definition) is 7. The summed E-state index contributed by atoms with van der Waals surface area (Å²) < 4.78 is 5.53. The van der Waals surface area contributed by atoms with Crippen molar-refractivity contribution >= 4 is 47.0 Å². The monoisotopic (exact) mass is 511 g/mol. The molecule has 7 nitrogen and oxygen atoms in total. The van der Waals surface area contributed by atoms with Crippen LogP contribution in [0.5, 0.6) is 5.75 Å². The van der Waals surface area contributed by atoms with Gasteiger partial charge in [-0.15, -0.1) is 5.10 Å². The van der Waals surface area contributed by atoms with Gasteiger partial charge < -0.3 is 39.8 Å². The summed E-state index contributed by atoms with van der Waals surface area (Å²) in [5.41, 5.74) is 2.02. The van der Waals surface area contributed by atoms with Crippen molar-refractivity contribution in [3.8, 4) is 5.75 Å². The number of benzene rings is 1. The van der Waals surface area contributed by atoms with E-state index in [-0.39, 0.29) is 17.1 Å². The molecule has 0 bridgehead atoms. The molecular formula is C21H32CuN6OS2. The van der Waals surface area contributed by atoms with Gasteiger partial charge in [0.2, 0.25) is 0 Å². The van der Waals surface area contributed by atoms with Gasteiger partial charge in [-0.1, -0.05) is 0 Å². The molecule has 0 aromatic heterocycles. The van der Waals surface area contributed by atoms with E-state index in [1.807, 2.05) is 75.6 Å². The van der Waals surface area contributed by atoms with Gasteiger partial charge in [-0.25, -0.2) is 0 Å². The summed E-state index contributed by atoms with van der Waals surface area (Å²) in [6, 6.07) is 7.62. The van der Waals surface area contributed by atoms with Crippen molar-refractivity contribution in [1.29, 1.82) is 0 Å². The van der Waals surface area contributed by atoms with E-state index in [9.17, 15) is 0 Å². The molecule has 0 aliphatic rings. The first-order valence-electron chi connectivity index (χ1n) is 10.3. The van der Waals surface area contributed by atoms with Gasteiger partial charge in [-0.05, 0) is 65.8 Å². The zero-order valence-electron chi connectivity index (χ0n) is 19.1. The van der Waals surface area contributed by atoms with Gasteiger partial charge in [-0.2, -0.15) is 15.3 Å². The van der Waals surface area contributed by atoms with E-state index in [2.05, 4.69) is 20.4 Å². The fraction of sp³-hybridized carbons (Fsp3) is 0.524. The Morgan fingerprint density at radius 2 is 1.23 bits per heavy atom. The summed E-state index contributed by atoms with van der Waals surface area (Å²) in [6.45, 7) is 15.6. The summed E-state index contributed by atoms with van der Waals surface area (Å²) in [5.74, 6) is 0.790. The van der Waals surface area contributed by atoms with Crippen molar-refractivity contribution in [3.63, 3.8) is 0 Å². The summed E-state index contributed by atoms with van der Waals surface area (Å²) in [4.78, 5) is 3.92. The van der Waals surface area contributed by atoms with E-state index >= 15 is 0 Å². The average molecular weight is 512 g/mol. The molecule has 1 aromatic rings. The van der Waals surface area contributed by atoms with Gasteiger partial charge in [0.15, 0.2) is 0 Å². The van der Waals surface area contributed by atoms with Crippen molar-refractivity contribution in [2.45, 2.75) is 41.5 Å². The molecule has 0 heterocycles. The molecule has 0 unspecified atom stereocenters. The van der Waals surface area contributed by atoms with Crippen molar-refractivity contribution in [2.75, 3.05) is 32.8 Å². The normalized spacial score (nSPS) is 13.0. The second-order valence-electron chi connectivity index (χ2n) is 6.20. The van der Waals surface area contributed by atoms with E-state index < -0.39 is 0 Å². The van der Waals surface area contributed by atoms with E-state index in [4.69, 9.17) is 30.0 Å². The van der Waals surface area contributed by atoms with E-state index in [1.54, 1.807) is 0 Å². The Labute approximate surface area is 208 Å². The van der Waals surface area contributed by atoms with Crippen molar-refractivity contribution in [3.05, 3.63) is 29.8 Å². The van der Waals surface area contributed by atoms with Crippen LogP contribution in [-0.4, -0.2) is 64.3 Å². The molecule has 0 spiro atoms. The molecule has 1 radical (unpaired) electrons. The quantitative estimate of drug-likeness (QED) is 0.158. The van der Waals surface area contributed by atoms with E-state index in [0.717, 1.165) is 37.5 Å². The third-order valence-corrected chi connectivity index (χ3v) is 5.05. The van der Waals surface area contributed by atoms with Crippen LogP contribution in [0.3, 0.4) is 0 Å². The van der Waals surface area contributed by atoms with Crippen LogP contribution in [0.4, 0.5) is 0 Å². The SMILES string of the molecule is CCOc1ccc(C(=NN=C([S-])N(CC)CC)C(C)=NN=C([S-])N(CC)CC)cc1.[Cu+2]. The van der Waals surface area contributed by atoms with E-state index in [0.29, 0.717) is 28.4 Å². The molecular weight excluding hydrogens is 480 g/mol. The third-order valence-electron chi connectivity index (χ3n) is 4.37. The molecule has 1 rings (SSSR count). The fourth-order valence-corrected chi connectivity index (χ4v) is 3.19. The smallest absolute Gasteiger partial charge is 0.741 e. The standard InChI is InChI=1S/C21H34N6OS2.Cu/c1-7-26(8-2)20(29)24-22-16(6)19(23-25-21(30)27(9-3)10-4)17-12-14-18(15-13-17)28-11-5;/h12-15H,7-11H2,1-6H3,(H,24,29)(H,25,30);/q;+2/p-2. The maximum atomic E-state index is 5.53. The van der Waals surface area contributed by atoms with Gasteiger partial charge >= 0.3 is 17.1 Å². The van der Waals surface area contributed by atoms with Crippen LogP contribution in [0, 0.1) is 0 Å². The summed E-state index contributed by atoms with van der Waals surface area (Å²) in [5, 5.41) is 18.1. The first-order chi connectivity index (χ1) is 14.4. The van der Waals surface area contributed by atoms with Gasteiger partial charge in [0.05, 0.1) is 12.3 Å². The molecule has 31 heavy (non-hydrogen) atoms. The van der Waals surface area contributed by atoms with Crippen LogP contribution in [0.1, 0.15) is 47.1 Å². The molecule has 10 heteroatoms. The van der Waals surface area contributed by atoms with Crippen molar-refractivity contribution < 1.29 is 21.8 Å². The predicted molar refractivity (Wildman–Crippen MR) is 133 cm³/mol. The summed E-state index contributed by atoms with van der Waals surface area (Å²) in [7, 11) is 0. The Morgan fingerprint density at radius 3 is 1.65 bits per heavy atom. The maximum Gasteiger partial charge on any atom is 2.00 e. The van der Waals surface area contributed by atoms with Gasteiger partial charge in [-0.3, -0.25) is 0 Å². The number of amidine groups is 2. The molecule has 0 saturated carbocycles. The Bertz CT molecular complexity index is 773. The minimum atomic E-state index is 0. The topological polar surface area (TPSA) is 65.2 Å². The largest absolute Gasteiger partial charge is 2.00 e. The Hall–Kier alpha value is -1.74. The maximum absolute atomic E-state index is 5.53. The van der Waals surface area contributed by atoms with Crippen molar-refractivity contribution in [1.82, 2.24) is 9.80 Å². The van der Waals surface area contributed by atoms with Crippen LogP contribution in [0.25, 0.3) is 0 Å². The minimum Gasteiger partial charge on any atom is -0.741 e. The Balaban J connectivity index is 0.00000900. The fourth-order valence-electron chi connectivity index (χ4n) is 2.59. The van der Waals surface area contributed by atoms with Crippen LogP contribution < -0.4 is 4.74 Å². The van der Waals surface area contributed by atoms with Crippen LogP contribution in [-0.2, 0) is 42.3 Å². The molecule has 0 N–H and O–H groups in total. The van der Waals surface area contributed by atoms with Gasteiger partial charge in [0.25, 0.3) is 0 Å². The molecule has 0 aliphatic carbocycles. The molecule has 0 atom stereocenters. The zero-order chi connectivity index (χ0) is 22.5. The van der Waals surface area contributed by atoms with E-state index in [1.165, 1.54) is 0 Å². The first-order valence-corrected chi connectivity index (χ1v) is 11.1. The molecule has 0 saturated heterocycles. The number of hydrogen-bond donors (Lipinski definition) is 0. The number of nitrogens with zero attached hydrogens (tertiary/aromatic N) is 6. The average Bonchev–Trinajstić information content (AvgIpc) is 2.75. The second-order valence-corrected chi connectivity index (χ2v) is 6.93. The van der Waals surface area contributed by atoms with Gasteiger partial charge in [0.1, 0.15) is 11.5 Å². The number of rotatable bonds is 10. The Kier molecular flexibility index (Phi) is 15.1. The number of ether oxygens (including phenoxy) is 1. The third kappa shape index (κ3) is 9.51. The Morgan fingerprint density at radius 1 is 0.774 bits per heavy atom. The van der Waals surface area contributed by atoms with Crippen LogP contribution in [0.2, 0.25) is 0 Å². The molecule has 0 aliphatic heterocycles. The second kappa shape index (κ2) is 16.0. The molecule has 0 amide bonds. The van der Waals surface area contributed by atoms with Crippen LogP contribution >= 0.6 is 0 Å². The zero-order valence-corrected chi connectivity index (χ0v) is 21.6.